The Morgan fingerprint density at radius 3 is 2.31 bits per heavy atom. The second-order valence-electron chi connectivity index (χ2n) is 6.37. The number of hydrazone groups is 1. The zero-order chi connectivity index (χ0) is 23.0. The van der Waals surface area contributed by atoms with Crippen LogP contribution in [0.1, 0.15) is 15.9 Å². The first-order valence-corrected chi connectivity index (χ1v) is 11.6. The van der Waals surface area contributed by atoms with E-state index in [1.54, 1.807) is 66.7 Å². The van der Waals surface area contributed by atoms with E-state index in [0.717, 1.165) is 0 Å². The molecule has 0 aliphatic rings. The van der Waals surface area contributed by atoms with Crippen molar-refractivity contribution in [3.8, 4) is 5.75 Å². The molecule has 0 aromatic heterocycles. The first kappa shape index (κ1) is 23.3. The van der Waals surface area contributed by atoms with Crippen LogP contribution in [0.15, 0.2) is 93.3 Å². The predicted octanol–water partition coefficient (Wildman–Crippen LogP) is 3.10. The highest BCUT2D eigenvalue weighted by Crippen LogP contribution is 2.23. The van der Waals surface area contributed by atoms with Gasteiger partial charge < -0.3 is 4.74 Å². The highest BCUT2D eigenvalue weighted by molar-refractivity contribution is 9.10. The fraction of sp³-hybridized carbons (Fsp3) is 0.0455. The van der Waals surface area contributed by atoms with Crippen molar-refractivity contribution in [1.29, 1.82) is 0 Å². The second-order valence-corrected chi connectivity index (χ2v) is 9.05. The van der Waals surface area contributed by atoms with E-state index in [1.807, 2.05) is 0 Å². The maximum atomic E-state index is 12.3. The summed E-state index contributed by atoms with van der Waals surface area (Å²) < 4.78 is 32.6. The van der Waals surface area contributed by atoms with Crippen LogP contribution in [0, 0.1) is 0 Å². The lowest BCUT2D eigenvalue weighted by atomic mass is 10.2. The number of hydrogen-bond acceptors (Lipinski definition) is 6. The minimum Gasteiger partial charge on any atom is -0.422 e. The first-order chi connectivity index (χ1) is 15.3. The van der Waals surface area contributed by atoms with Gasteiger partial charge in [0.2, 0.25) is 10.0 Å². The van der Waals surface area contributed by atoms with Gasteiger partial charge in [-0.15, -0.1) is 0 Å². The molecule has 8 nitrogen and oxygen atoms in total. The molecule has 0 bridgehead atoms. The van der Waals surface area contributed by atoms with Crippen molar-refractivity contribution in [2.45, 2.75) is 4.90 Å². The number of carbonyl (C=O) groups is 2. The molecule has 164 valence electrons. The number of esters is 1. The van der Waals surface area contributed by atoms with Crippen LogP contribution in [0.4, 0.5) is 0 Å². The van der Waals surface area contributed by atoms with Crippen molar-refractivity contribution in [2.75, 3.05) is 6.54 Å². The molecule has 0 aliphatic carbocycles. The van der Waals surface area contributed by atoms with E-state index >= 15 is 0 Å². The highest BCUT2D eigenvalue weighted by Gasteiger charge is 2.15. The van der Waals surface area contributed by atoms with Crippen LogP contribution in [0.5, 0.6) is 5.75 Å². The molecule has 0 unspecified atom stereocenters. The van der Waals surface area contributed by atoms with Crippen LogP contribution >= 0.6 is 15.9 Å². The number of halogens is 1. The molecule has 0 heterocycles. The van der Waals surface area contributed by atoms with E-state index in [4.69, 9.17) is 4.74 Å². The number of nitrogens with zero attached hydrogens (tertiary/aromatic N) is 1. The van der Waals surface area contributed by atoms with Crippen molar-refractivity contribution >= 4 is 44.0 Å². The van der Waals surface area contributed by atoms with E-state index in [-0.39, 0.29) is 10.6 Å². The summed E-state index contributed by atoms with van der Waals surface area (Å²) >= 11 is 3.33. The SMILES string of the molecule is O=C(CNS(=O)(=O)c1ccccc1)N/N=C\c1cc(Br)ccc1OC(=O)c1ccccc1. The van der Waals surface area contributed by atoms with E-state index in [2.05, 4.69) is 31.2 Å². The third-order valence-electron chi connectivity index (χ3n) is 4.05. The standard InChI is InChI=1S/C22H18BrN3O5S/c23-18-11-12-20(31-22(28)16-7-3-1-4-8-16)17(13-18)14-24-26-21(27)15-25-32(29,30)19-9-5-2-6-10-19/h1-14,25H,15H2,(H,26,27)/b24-14-. The molecule has 0 aliphatic heterocycles. The normalized spacial score (nSPS) is 11.3. The number of hydrogen-bond donors (Lipinski definition) is 2. The van der Waals surface area contributed by atoms with Crippen molar-refractivity contribution < 1.29 is 22.7 Å². The molecule has 32 heavy (non-hydrogen) atoms. The topological polar surface area (TPSA) is 114 Å². The first-order valence-electron chi connectivity index (χ1n) is 9.28. The molecular weight excluding hydrogens is 498 g/mol. The van der Waals surface area contributed by atoms with E-state index in [9.17, 15) is 18.0 Å². The molecule has 0 spiro atoms. The smallest absolute Gasteiger partial charge is 0.343 e. The molecule has 2 N–H and O–H groups in total. The van der Waals surface area contributed by atoms with Crippen molar-refractivity contribution in [1.82, 2.24) is 10.1 Å². The summed E-state index contributed by atoms with van der Waals surface area (Å²) in [6, 6.07) is 21.1. The maximum absolute atomic E-state index is 12.3. The molecule has 0 radical (unpaired) electrons. The van der Waals surface area contributed by atoms with Crippen LogP contribution in [-0.4, -0.2) is 33.1 Å². The summed E-state index contributed by atoms with van der Waals surface area (Å²) in [5, 5.41) is 3.83. The number of sulfonamides is 1. The number of nitrogens with one attached hydrogen (secondary N) is 2. The number of benzene rings is 3. The number of amides is 1. The summed E-state index contributed by atoms with van der Waals surface area (Å²) in [6.45, 7) is -0.497. The molecular formula is C22H18BrN3O5S. The van der Waals surface area contributed by atoms with E-state index in [0.29, 0.717) is 15.6 Å². The van der Waals surface area contributed by atoms with Gasteiger partial charge in [0, 0.05) is 10.0 Å². The minimum atomic E-state index is -3.81. The van der Waals surface area contributed by atoms with E-state index < -0.39 is 28.4 Å². The average Bonchev–Trinajstić information content (AvgIpc) is 2.80. The van der Waals surface area contributed by atoms with Gasteiger partial charge in [0.15, 0.2) is 0 Å². The molecule has 1 amide bonds. The molecule has 0 atom stereocenters. The third kappa shape index (κ3) is 6.58. The van der Waals surface area contributed by atoms with Gasteiger partial charge in [-0.3, -0.25) is 4.79 Å². The van der Waals surface area contributed by atoms with Crippen LogP contribution in [0.3, 0.4) is 0 Å². The Morgan fingerprint density at radius 2 is 1.62 bits per heavy atom. The molecule has 3 aromatic carbocycles. The van der Waals surface area contributed by atoms with Crippen molar-refractivity contribution in [2.24, 2.45) is 5.10 Å². The fourth-order valence-corrected chi connectivity index (χ4v) is 3.89. The summed E-state index contributed by atoms with van der Waals surface area (Å²) in [6.07, 6.45) is 1.29. The predicted molar refractivity (Wildman–Crippen MR) is 123 cm³/mol. The van der Waals surface area contributed by atoms with Gasteiger partial charge in [0.05, 0.1) is 23.2 Å². The van der Waals surface area contributed by atoms with Crippen LogP contribution in [-0.2, 0) is 14.8 Å². The highest BCUT2D eigenvalue weighted by atomic mass is 79.9. The molecule has 0 saturated heterocycles. The summed E-state index contributed by atoms with van der Waals surface area (Å²) in [5.74, 6) is -0.967. The average molecular weight is 516 g/mol. The Morgan fingerprint density at radius 1 is 0.969 bits per heavy atom. The van der Waals surface area contributed by atoms with Gasteiger partial charge in [-0.05, 0) is 42.5 Å². The Hall–Kier alpha value is -3.34. The van der Waals surface area contributed by atoms with Gasteiger partial charge in [-0.1, -0.05) is 52.3 Å². The fourth-order valence-electron chi connectivity index (χ4n) is 2.50. The number of ether oxygens (including phenoxy) is 1. The Balaban J connectivity index is 1.61. The van der Waals surface area contributed by atoms with Gasteiger partial charge in [0.1, 0.15) is 5.75 Å². The van der Waals surface area contributed by atoms with Crippen LogP contribution in [0.2, 0.25) is 0 Å². The largest absolute Gasteiger partial charge is 0.422 e. The number of carbonyl (C=O) groups excluding carboxylic acids is 2. The summed E-state index contributed by atoms with van der Waals surface area (Å²) in [4.78, 5) is 24.3. The molecule has 3 aromatic rings. The van der Waals surface area contributed by atoms with Crippen molar-refractivity contribution in [3.05, 3.63) is 94.5 Å². The quantitative estimate of drug-likeness (QED) is 0.207. The van der Waals surface area contributed by atoms with E-state index in [1.165, 1.54) is 18.3 Å². The monoisotopic (exact) mass is 515 g/mol. The van der Waals surface area contributed by atoms with Gasteiger partial charge >= 0.3 is 5.97 Å². The number of rotatable bonds is 8. The molecule has 3 rings (SSSR count). The third-order valence-corrected chi connectivity index (χ3v) is 5.96. The van der Waals surface area contributed by atoms with Crippen LogP contribution < -0.4 is 14.9 Å². The molecule has 10 heteroatoms. The van der Waals surface area contributed by atoms with Crippen LogP contribution in [0.25, 0.3) is 0 Å². The lowest BCUT2D eigenvalue weighted by Crippen LogP contribution is -2.34. The molecule has 0 saturated carbocycles. The Bertz CT molecular complexity index is 1230. The second kappa shape index (κ2) is 10.8. The zero-order valence-corrected chi connectivity index (χ0v) is 19.0. The Labute approximate surface area is 193 Å². The maximum Gasteiger partial charge on any atom is 0.343 e. The van der Waals surface area contributed by atoms with Crippen molar-refractivity contribution in [3.63, 3.8) is 0 Å². The zero-order valence-electron chi connectivity index (χ0n) is 16.6. The lowest BCUT2D eigenvalue weighted by molar-refractivity contribution is -0.119. The van der Waals surface area contributed by atoms with Gasteiger partial charge in [-0.2, -0.15) is 5.10 Å². The molecule has 0 fully saturated rings. The lowest BCUT2D eigenvalue weighted by Gasteiger charge is -2.08. The summed E-state index contributed by atoms with van der Waals surface area (Å²) in [7, 11) is -3.81. The summed E-state index contributed by atoms with van der Waals surface area (Å²) in [5.41, 5.74) is 3.05. The van der Waals surface area contributed by atoms with Gasteiger partial charge in [-0.25, -0.2) is 23.4 Å². The minimum absolute atomic E-state index is 0.0512. The Kier molecular flexibility index (Phi) is 7.87. The van der Waals surface area contributed by atoms with Gasteiger partial charge in [0.25, 0.3) is 5.91 Å².